The minimum absolute atomic E-state index is 0.615. The van der Waals surface area contributed by atoms with Crippen molar-refractivity contribution in [3.05, 3.63) is 176 Å². The highest BCUT2D eigenvalue weighted by Gasteiger charge is 2.75. The van der Waals surface area contributed by atoms with Crippen LogP contribution in [0.25, 0.3) is 0 Å². The lowest BCUT2D eigenvalue weighted by Crippen LogP contribution is -2.42. The van der Waals surface area contributed by atoms with Crippen molar-refractivity contribution >= 4 is 23.7 Å². The molecule has 9 nitrogen and oxygen atoms in total. The number of aryl methyl sites for hydroxylation is 12. The molecule has 0 unspecified atom stereocenters. The van der Waals surface area contributed by atoms with Crippen molar-refractivity contribution in [1.29, 1.82) is 0 Å². The van der Waals surface area contributed by atoms with E-state index >= 15 is 0 Å². The predicted molar refractivity (Wildman–Crippen MR) is 249 cm³/mol. The molecule has 0 bridgehead atoms. The average Bonchev–Trinajstić information content (AvgIpc) is 3.18. The number of nitrogens with zero attached hydrogens (tertiary/aromatic N) is 1. The van der Waals surface area contributed by atoms with Crippen LogP contribution >= 0.6 is 23.7 Å². The molecule has 1 heterocycles. The van der Waals surface area contributed by atoms with E-state index in [4.69, 9.17) is 31.7 Å². The van der Waals surface area contributed by atoms with Crippen LogP contribution in [-0.2, 0) is 0 Å². The topological polar surface area (TPSA) is 91.8 Å². The van der Waals surface area contributed by atoms with Gasteiger partial charge in [-0.05, 0) is 150 Å². The summed E-state index contributed by atoms with van der Waals surface area (Å²) in [6.07, 6.45) is 0. The molecule has 0 amide bonds. The summed E-state index contributed by atoms with van der Waals surface area (Å²) < 4.78 is 50.3. The Morgan fingerprint density at radius 2 is 0.583 bits per heavy atom. The van der Waals surface area contributed by atoms with Crippen molar-refractivity contribution in [2.24, 2.45) is 4.52 Å². The van der Waals surface area contributed by atoms with Gasteiger partial charge in [0, 0.05) is 4.86 Å². The van der Waals surface area contributed by atoms with Gasteiger partial charge in [-0.2, -0.15) is 0 Å². The van der Waals surface area contributed by atoms with Crippen molar-refractivity contribution < 1.29 is 27.1 Å². The molecule has 2 N–H and O–H groups in total. The molecule has 12 heteroatoms. The summed E-state index contributed by atoms with van der Waals surface area (Å²) in [6.45, 7) is 24.3. The highest BCUT2D eigenvalue weighted by molar-refractivity contribution is 7.89. The molecule has 0 spiro atoms. The first kappa shape index (κ1) is 43.2. The molecule has 7 rings (SSSR count). The molecule has 0 aliphatic carbocycles. The van der Waals surface area contributed by atoms with Crippen molar-refractivity contribution in [3.8, 4) is 34.5 Å². The number of rotatable bonds is 12. The summed E-state index contributed by atoms with van der Waals surface area (Å²) in [4.78, 5) is 7.60. The Balaban J connectivity index is 1.64. The van der Waals surface area contributed by atoms with Gasteiger partial charge in [-0.15, -0.1) is 0 Å². The zero-order valence-electron chi connectivity index (χ0n) is 36.6. The second-order valence-electron chi connectivity index (χ2n) is 15.8. The molecule has 1 aliphatic rings. The normalized spacial score (nSPS) is 15.1. The van der Waals surface area contributed by atoms with E-state index in [2.05, 4.69) is 9.72 Å². The van der Waals surface area contributed by atoms with Crippen LogP contribution < -0.4 is 36.9 Å². The summed E-state index contributed by atoms with van der Waals surface area (Å²) in [5.74, 6) is 3.73. The van der Waals surface area contributed by atoms with Crippen molar-refractivity contribution in [2.75, 3.05) is 0 Å². The highest BCUT2D eigenvalue weighted by Crippen LogP contribution is 2.80. The Hall–Kier alpha value is -4.87. The minimum Gasteiger partial charge on any atom is -0.414 e. The Kier molecular flexibility index (Phi) is 12.4. The lowest BCUT2D eigenvalue weighted by atomic mass is 10.1. The van der Waals surface area contributed by atoms with Gasteiger partial charge in [0.05, 0.1) is 4.52 Å². The molecule has 312 valence electrons. The molecule has 0 saturated heterocycles. The van der Waals surface area contributed by atoms with Crippen LogP contribution in [0.4, 0.5) is 0 Å². The number of benzene rings is 6. The summed E-state index contributed by atoms with van der Waals surface area (Å²) >= 11 is 0. The molecule has 0 aromatic heterocycles. The third-order valence-electron chi connectivity index (χ3n) is 10.5. The van der Waals surface area contributed by atoms with E-state index in [9.17, 15) is 0 Å². The quantitative estimate of drug-likeness (QED) is 0.118. The van der Waals surface area contributed by atoms with E-state index in [1.54, 1.807) is 0 Å². The predicted octanol–water partition coefficient (Wildman–Crippen LogP) is 14.7. The molecule has 1 aliphatic heterocycles. The Morgan fingerprint density at radius 1 is 0.350 bits per heavy atom. The maximum Gasteiger partial charge on any atom is 0.617 e. The summed E-state index contributed by atoms with van der Waals surface area (Å²) in [5.41, 5.74) is 10.9. The van der Waals surface area contributed by atoms with Gasteiger partial charge < -0.3 is 9.05 Å². The fourth-order valence-corrected chi connectivity index (χ4v) is 18.0. The molecule has 0 atom stereocenters. The van der Waals surface area contributed by atoms with Crippen LogP contribution in [-0.4, -0.2) is 0 Å². The summed E-state index contributed by atoms with van der Waals surface area (Å²) in [5, 5.41) is 0. The van der Waals surface area contributed by atoms with E-state index in [1.807, 2.05) is 192 Å². The number of hydrogen-bond acceptors (Lipinski definition) is 9. The molecular weight excluding hydrogens is 807 g/mol. The molecule has 0 saturated carbocycles. The Labute approximate surface area is 357 Å². The minimum atomic E-state index is -3.94. The van der Waals surface area contributed by atoms with Gasteiger partial charge in [0.15, 0.2) is 23.0 Å². The Bertz CT molecular complexity index is 2360. The van der Waals surface area contributed by atoms with Gasteiger partial charge in [0.25, 0.3) is 0 Å². The molecule has 6 aromatic rings. The Morgan fingerprint density at radius 3 is 0.850 bits per heavy atom. The van der Waals surface area contributed by atoms with Crippen LogP contribution in [0.3, 0.4) is 0 Å². The van der Waals surface area contributed by atoms with Gasteiger partial charge in [0.1, 0.15) is 16.4 Å². The van der Waals surface area contributed by atoms with Gasteiger partial charge >= 0.3 is 23.7 Å². The van der Waals surface area contributed by atoms with Gasteiger partial charge in [-0.25, -0.2) is 0 Å². The summed E-state index contributed by atoms with van der Waals surface area (Å²) in [7, 11) is -11.7. The third kappa shape index (κ3) is 8.93. The largest absolute Gasteiger partial charge is 0.617 e. The van der Waals surface area contributed by atoms with E-state index in [-0.39, 0.29) is 0 Å². The van der Waals surface area contributed by atoms with Gasteiger partial charge in [-0.1, -0.05) is 109 Å². The van der Waals surface area contributed by atoms with Crippen molar-refractivity contribution in [1.82, 2.24) is 9.72 Å². The second kappa shape index (κ2) is 17.2. The van der Waals surface area contributed by atoms with E-state index in [0.29, 0.717) is 34.5 Å². The van der Waals surface area contributed by atoms with Crippen LogP contribution in [0.15, 0.2) is 114 Å². The smallest absolute Gasteiger partial charge is 0.414 e. The second-order valence-corrected chi connectivity index (χ2v) is 22.4. The van der Waals surface area contributed by atoms with Crippen molar-refractivity contribution in [2.45, 2.75) is 83.1 Å². The van der Waals surface area contributed by atoms with Crippen molar-refractivity contribution in [3.63, 3.8) is 0 Å². The van der Waals surface area contributed by atoms with Crippen LogP contribution in [0.5, 0.6) is 34.5 Å². The summed E-state index contributed by atoms with van der Waals surface area (Å²) in [6, 6.07) is 36.3. The zero-order valence-corrected chi connectivity index (χ0v) is 39.3. The number of hydrogen-bond donors (Lipinski definition) is 2. The van der Waals surface area contributed by atoms with E-state index in [1.165, 1.54) is 0 Å². The maximum atomic E-state index is 7.46. The van der Waals surface area contributed by atoms with E-state index in [0.717, 1.165) is 66.8 Å². The average molecular weight is 864 g/mol. The molecule has 60 heavy (non-hydrogen) atoms. The van der Waals surface area contributed by atoms with E-state index < -0.39 is 23.7 Å². The van der Waals surface area contributed by atoms with Crippen LogP contribution in [0, 0.1) is 83.1 Å². The zero-order chi connectivity index (χ0) is 43.0. The highest BCUT2D eigenvalue weighted by atomic mass is 31.3. The lowest BCUT2D eigenvalue weighted by Gasteiger charge is -2.35. The van der Waals surface area contributed by atoms with Crippen LogP contribution in [0.2, 0.25) is 0 Å². The first-order valence-corrected chi connectivity index (χ1v) is 24.9. The molecule has 0 radical (unpaired) electrons. The lowest BCUT2D eigenvalue weighted by molar-refractivity contribution is 0.397. The fourth-order valence-electron chi connectivity index (χ4n) is 7.25. The SMILES string of the molecule is Cc1cccc(C)c1OP1(Oc2c(C)cccc2C)=N[P+](Oc2c(C)cccc2C)(Oc2c(C)cccc2C)N[P+](Oc2c(C)cccc2C)(Oc2c(C)cccc2C)N1. The van der Waals surface area contributed by atoms with Gasteiger partial charge in [0.2, 0.25) is 0 Å². The first-order valence-electron chi connectivity index (χ1n) is 20.1. The van der Waals surface area contributed by atoms with Crippen LogP contribution in [0.1, 0.15) is 66.8 Å². The number of para-hydroxylation sites is 6. The third-order valence-corrected chi connectivity index (χ3v) is 19.1. The number of nitrogens with one attached hydrogen (secondary N) is 2. The van der Waals surface area contributed by atoms with Gasteiger partial charge in [-0.3, -0.25) is 18.1 Å². The fraction of sp³-hybridized carbons (Fsp3) is 0.250. The maximum absolute atomic E-state index is 7.46. The molecular formula is C48H56N3O6P3+2. The molecule has 0 fully saturated rings. The molecule has 6 aromatic carbocycles. The standard InChI is InChI=1S/C48H56N3O6P3/c1-31-19-13-20-32(2)43(31)52-58(53-44-33(3)21-14-22-34(44)4)49-59(54-45-35(5)23-15-24-36(45)6,55-46-37(7)25-16-26-38(46)8)51-60(50-58,56-47-39(9)27-17-28-40(47)10)57-48-41(11)29-18-30-42(48)12/h13-30,49-50H,1-12H3/q+2. The first-order chi connectivity index (χ1) is 28.5. The monoisotopic (exact) mass is 863 g/mol.